The van der Waals surface area contributed by atoms with E-state index in [9.17, 15) is 10.0 Å². The Morgan fingerprint density at radius 3 is 2.91 bits per heavy atom. The van der Waals surface area contributed by atoms with Crippen molar-refractivity contribution in [3.8, 4) is 11.8 Å². The minimum atomic E-state index is -0.307. The predicted octanol–water partition coefficient (Wildman–Crippen LogP) is 2.04. The summed E-state index contributed by atoms with van der Waals surface area (Å²) in [6.07, 6.45) is 3.53. The number of hydrogen-bond acceptors (Lipinski definition) is 8. The van der Waals surface area contributed by atoms with Gasteiger partial charge in [0, 0.05) is 24.7 Å². The fourth-order valence-corrected chi connectivity index (χ4v) is 4.66. The average molecular weight is 461 g/mol. The SMILES string of the molecule is CC#CCn1c(N2CCCC(N)C2)nc2cnn(CC3=Nc4ccccc4C(C)N3O)c(=O)c21. The van der Waals surface area contributed by atoms with Gasteiger partial charge in [0.1, 0.15) is 17.6 Å². The van der Waals surface area contributed by atoms with Crippen molar-refractivity contribution in [2.45, 2.75) is 51.9 Å². The van der Waals surface area contributed by atoms with Crippen LogP contribution in [0.3, 0.4) is 0 Å². The number of benzene rings is 1. The van der Waals surface area contributed by atoms with Crippen molar-refractivity contribution in [3.05, 3.63) is 46.4 Å². The van der Waals surface area contributed by atoms with E-state index in [0.717, 1.165) is 35.7 Å². The molecule has 0 bridgehead atoms. The summed E-state index contributed by atoms with van der Waals surface area (Å²) in [6.45, 7) is 5.53. The van der Waals surface area contributed by atoms with E-state index in [1.165, 1.54) is 4.68 Å². The van der Waals surface area contributed by atoms with Crippen molar-refractivity contribution in [1.82, 2.24) is 24.4 Å². The van der Waals surface area contributed by atoms with Crippen molar-refractivity contribution in [3.63, 3.8) is 0 Å². The zero-order valence-corrected chi connectivity index (χ0v) is 19.3. The van der Waals surface area contributed by atoms with Gasteiger partial charge in [0.05, 0.1) is 24.5 Å². The first-order valence-electron chi connectivity index (χ1n) is 11.5. The maximum Gasteiger partial charge on any atom is 0.293 e. The van der Waals surface area contributed by atoms with Crippen molar-refractivity contribution in [1.29, 1.82) is 0 Å². The monoisotopic (exact) mass is 460 g/mol. The normalized spacial score (nSPS) is 20.1. The zero-order valence-electron chi connectivity index (χ0n) is 19.3. The largest absolute Gasteiger partial charge is 0.341 e. The van der Waals surface area contributed by atoms with Crippen LogP contribution < -0.4 is 16.2 Å². The smallest absolute Gasteiger partial charge is 0.293 e. The highest BCUT2D eigenvalue weighted by Crippen LogP contribution is 2.33. The molecule has 0 saturated carbocycles. The molecule has 2 aliphatic rings. The molecule has 2 aromatic heterocycles. The van der Waals surface area contributed by atoms with Gasteiger partial charge >= 0.3 is 0 Å². The van der Waals surface area contributed by atoms with Crippen molar-refractivity contribution in [2.75, 3.05) is 18.0 Å². The summed E-state index contributed by atoms with van der Waals surface area (Å²) in [6, 6.07) is 7.42. The molecule has 1 fully saturated rings. The van der Waals surface area contributed by atoms with Crippen molar-refractivity contribution < 1.29 is 5.21 Å². The summed E-state index contributed by atoms with van der Waals surface area (Å²) in [7, 11) is 0. The Morgan fingerprint density at radius 1 is 1.29 bits per heavy atom. The standard InChI is InChI=1S/C24H28N8O2/c1-3-4-12-30-22-20(28-24(30)29-11-7-8-17(25)14-29)13-26-31(23(22)33)15-21-27-19-10-6-5-9-18(19)16(2)32(21)34/h5-6,9-10,13,16-17,34H,7-8,11-12,14-15,25H2,1-2H3. The number of rotatable bonds is 4. The molecule has 0 spiro atoms. The van der Waals surface area contributed by atoms with Crippen LogP contribution in [0.2, 0.25) is 0 Å². The summed E-state index contributed by atoms with van der Waals surface area (Å²) < 4.78 is 3.16. The zero-order chi connectivity index (χ0) is 23.8. The maximum absolute atomic E-state index is 13.6. The van der Waals surface area contributed by atoms with Crippen LogP contribution in [0.5, 0.6) is 0 Å². The predicted molar refractivity (Wildman–Crippen MR) is 130 cm³/mol. The lowest BCUT2D eigenvalue weighted by Crippen LogP contribution is -2.44. The summed E-state index contributed by atoms with van der Waals surface area (Å²) in [5, 5.41) is 16.2. The fraction of sp³-hybridized carbons (Fsp3) is 0.417. The Kier molecular flexibility index (Phi) is 5.81. The number of anilines is 1. The molecule has 3 N–H and O–H groups in total. The Hall–Kier alpha value is -3.68. The van der Waals surface area contributed by atoms with E-state index in [-0.39, 0.29) is 24.2 Å². The number of hydrogen-bond donors (Lipinski definition) is 2. The molecule has 3 aromatic rings. The van der Waals surface area contributed by atoms with Crippen LogP contribution in [0.25, 0.3) is 11.0 Å². The molecule has 1 saturated heterocycles. The third-order valence-electron chi connectivity index (χ3n) is 6.44. The topological polar surface area (TPSA) is 118 Å². The minimum absolute atomic E-state index is 0.0263. The first-order valence-corrected chi connectivity index (χ1v) is 11.5. The molecule has 1 aromatic carbocycles. The van der Waals surface area contributed by atoms with E-state index in [2.05, 4.69) is 26.8 Å². The molecule has 2 aliphatic heterocycles. The molecule has 34 heavy (non-hydrogen) atoms. The van der Waals surface area contributed by atoms with E-state index in [1.807, 2.05) is 35.8 Å². The number of aromatic nitrogens is 4. The van der Waals surface area contributed by atoms with Crippen LogP contribution in [-0.4, -0.2) is 54.6 Å². The molecule has 4 heterocycles. The molecule has 5 rings (SSSR count). The number of para-hydroxylation sites is 1. The summed E-state index contributed by atoms with van der Waals surface area (Å²) >= 11 is 0. The highest BCUT2D eigenvalue weighted by molar-refractivity contribution is 5.87. The first kappa shape index (κ1) is 22.1. The lowest BCUT2D eigenvalue weighted by atomic mass is 10.0. The molecule has 0 aliphatic carbocycles. The summed E-state index contributed by atoms with van der Waals surface area (Å²) in [5.41, 5.74) is 8.53. The first-order chi connectivity index (χ1) is 16.5. The second-order valence-corrected chi connectivity index (χ2v) is 8.72. The van der Waals surface area contributed by atoms with Crippen LogP contribution in [0, 0.1) is 11.8 Å². The molecule has 10 nitrogen and oxygen atoms in total. The summed E-state index contributed by atoms with van der Waals surface area (Å²) in [4.78, 5) is 25.0. The van der Waals surface area contributed by atoms with Crippen molar-refractivity contribution in [2.24, 2.45) is 10.7 Å². The maximum atomic E-state index is 13.6. The van der Waals surface area contributed by atoms with Gasteiger partial charge in [0.15, 0.2) is 5.84 Å². The van der Waals surface area contributed by atoms with E-state index < -0.39 is 0 Å². The van der Waals surface area contributed by atoms with Crippen LogP contribution in [0.1, 0.15) is 38.3 Å². The average Bonchev–Trinajstić information content (AvgIpc) is 3.22. The van der Waals surface area contributed by atoms with Crippen LogP contribution in [0.15, 0.2) is 40.2 Å². The van der Waals surface area contributed by atoms with Gasteiger partial charge in [-0.2, -0.15) is 5.10 Å². The van der Waals surface area contributed by atoms with Gasteiger partial charge in [0.25, 0.3) is 5.56 Å². The minimum Gasteiger partial charge on any atom is -0.341 e. The van der Waals surface area contributed by atoms with Crippen LogP contribution >= 0.6 is 0 Å². The highest BCUT2D eigenvalue weighted by Gasteiger charge is 2.28. The van der Waals surface area contributed by atoms with Gasteiger partial charge in [-0.05, 0) is 32.8 Å². The highest BCUT2D eigenvalue weighted by atomic mass is 16.5. The van der Waals surface area contributed by atoms with Gasteiger partial charge < -0.3 is 10.6 Å². The molecular weight excluding hydrogens is 432 g/mol. The Morgan fingerprint density at radius 2 is 2.12 bits per heavy atom. The number of fused-ring (bicyclic) bond motifs is 2. The van der Waals surface area contributed by atoms with Crippen molar-refractivity contribution >= 4 is 28.5 Å². The number of imidazole rings is 1. The molecule has 10 heteroatoms. The number of piperidine rings is 1. The van der Waals surface area contributed by atoms with E-state index in [4.69, 9.17) is 10.7 Å². The molecule has 2 unspecified atom stereocenters. The lowest BCUT2D eigenvalue weighted by molar-refractivity contribution is -0.0537. The Bertz CT molecular complexity index is 1380. The number of hydroxylamine groups is 2. The van der Waals surface area contributed by atoms with Crippen LogP contribution in [0.4, 0.5) is 11.6 Å². The second-order valence-electron chi connectivity index (χ2n) is 8.72. The van der Waals surface area contributed by atoms with Gasteiger partial charge in [-0.1, -0.05) is 24.1 Å². The Balaban J connectivity index is 1.57. The van der Waals surface area contributed by atoms with E-state index in [0.29, 0.717) is 35.9 Å². The summed E-state index contributed by atoms with van der Waals surface area (Å²) in [5.74, 6) is 7.00. The van der Waals surface area contributed by atoms with Gasteiger partial charge in [-0.3, -0.25) is 14.6 Å². The Labute approximate surface area is 197 Å². The van der Waals surface area contributed by atoms with Crippen LogP contribution in [-0.2, 0) is 13.1 Å². The quantitative estimate of drug-likeness (QED) is 0.572. The van der Waals surface area contributed by atoms with Gasteiger partial charge in [-0.25, -0.2) is 19.7 Å². The number of amidine groups is 1. The third-order valence-corrected chi connectivity index (χ3v) is 6.44. The van der Waals surface area contributed by atoms with E-state index >= 15 is 0 Å². The van der Waals surface area contributed by atoms with Gasteiger partial charge in [-0.15, -0.1) is 5.92 Å². The number of aliphatic imine (C=N–C) groups is 1. The molecule has 176 valence electrons. The number of nitrogens with two attached hydrogens (primary N) is 1. The molecule has 0 radical (unpaired) electrons. The molecule has 0 amide bonds. The van der Waals surface area contributed by atoms with E-state index in [1.54, 1.807) is 13.1 Å². The van der Waals surface area contributed by atoms with Gasteiger partial charge in [0.2, 0.25) is 5.95 Å². The fourth-order valence-electron chi connectivity index (χ4n) is 4.66. The molecule has 2 atom stereocenters. The third kappa shape index (κ3) is 3.83. The second kappa shape index (κ2) is 8.93. The molecular formula is C24H28N8O2. The lowest BCUT2D eigenvalue weighted by Gasteiger charge is -2.31. The number of nitrogens with zero attached hydrogens (tertiary/aromatic N) is 7.